The summed E-state index contributed by atoms with van der Waals surface area (Å²) in [6.07, 6.45) is 6.69. The van der Waals surface area contributed by atoms with E-state index >= 15 is 0 Å². The van der Waals surface area contributed by atoms with Crippen LogP contribution in [0.15, 0.2) is 66.4 Å². The maximum atomic E-state index is 11.4. The summed E-state index contributed by atoms with van der Waals surface area (Å²) in [5.74, 6) is -0.864. The molecule has 28 heavy (non-hydrogen) atoms. The van der Waals surface area contributed by atoms with Crippen LogP contribution < -0.4 is 5.32 Å². The first-order valence-corrected chi connectivity index (χ1v) is 9.40. The largest absolute Gasteiger partial charge is 0.478 e. The van der Waals surface area contributed by atoms with E-state index in [-0.39, 0.29) is 12.4 Å². The Morgan fingerprint density at radius 1 is 1.21 bits per heavy atom. The third-order valence-corrected chi connectivity index (χ3v) is 5.60. The van der Waals surface area contributed by atoms with E-state index in [0.29, 0.717) is 5.57 Å². The second-order valence-electron chi connectivity index (χ2n) is 7.30. The predicted molar refractivity (Wildman–Crippen MR) is 115 cm³/mol. The fourth-order valence-corrected chi connectivity index (χ4v) is 4.21. The van der Waals surface area contributed by atoms with Crippen LogP contribution in [0.3, 0.4) is 0 Å². The minimum atomic E-state index is -0.864. The number of halogens is 1. The van der Waals surface area contributed by atoms with E-state index in [1.54, 1.807) is 6.92 Å². The number of para-hydroxylation sites is 1. The fraction of sp³-hybridized carbons (Fsp3) is 0.261. The molecule has 3 N–H and O–H groups in total. The number of hydrogen-bond donors (Lipinski definition) is 3. The third kappa shape index (κ3) is 3.71. The summed E-state index contributed by atoms with van der Waals surface area (Å²) >= 11 is 0. The van der Waals surface area contributed by atoms with Gasteiger partial charge < -0.3 is 15.4 Å². The van der Waals surface area contributed by atoms with Gasteiger partial charge in [-0.15, -0.1) is 12.4 Å². The summed E-state index contributed by atoms with van der Waals surface area (Å²) in [6, 6.07) is 16.6. The van der Waals surface area contributed by atoms with Crippen LogP contribution in [0, 0.1) is 0 Å². The van der Waals surface area contributed by atoms with Crippen LogP contribution in [0.2, 0.25) is 0 Å². The Balaban J connectivity index is 0.00000225. The van der Waals surface area contributed by atoms with Gasteiger partial charge >= 0.3 is 5.97 Å². The topological polar surface area (TPSA) is 65.1 Å². The number of H-pyrrole nitrogens is 1. The first-order chi connectivity index (χ1) is 13.1. The quantitative estimate of drug-likeness (QED) is 0.534. The summed E-state index contributed by atoms with van der Waals surface area (Å²) in [5.41, 5.74) is 4.89. The molecular weight excluding hydrogens is 372 g/mol. The Labute approximate surface area is 171 Å². The molecule has 0 fully saturated rings. The van der Waals surface area contributed by atoms with Gasteiger partial charge in [-0.1, -0.05) is 42.5 Å². The molecule has 0 bridgehead atoms. The van der Waals surface area contributed by atoms with Crippen molar-refractivity contribution in [2.75, 3.05) is 6.54 Å². The van der Waals surface area contributed by atoms with Crippen LogP contribution in [-0.4, -0.2) is 22.6 Å². The Hall–Kier alpha value is -2.56. The van der Waals surface area contributed by atoms with E-state index in [1.807, 2.05) is 18.2 Å². The fourth-order valence-electron chi connectivity index (χ4n) is 4.21. The van der Waals surface area contributed by atoms with Gasteiger partial charge in [0, 0.05) is 29.2 Å². The van der Waals surface area contributed by atoms with Gasteiger partial charge in [-0.25, -0.2) is 4.79 Å². The zero-order valence-electron chi connectivity index (χ0n) is 15.9. The van der Waals surface area contributed by atoms with Crippen molar-refractivity contribution in [3.63, 3.8) is 0 Å². The average Bonchev–Trinajstić information content (AvgIpc) is 3.25. The van der Waals surface area contributed by atoms with Crippen LogP contribution in [-0.2, 0) is 23.2 Å². The molecule has 1 atom stereocenters. The maximum Gasteiger partial charge on any atom is 0.331 e. The molecule has 0 saturated heterocycles. The summed E-state index contributed by atoms with van der Waals surface area (Å²) in [6.45, 7) is 2.45. The highest BCUT2D eigenvalue weighted by molar-refractivity contribution is 5.86. The van der Waals surface area contributed by atoms with Crippen molar-refractivity contribution in [3.05, 3.63) is 83.1 Å². The lowest BCUT2D eigenvalue weighted by molar-refractivity contribution is -0.132. The van der Waals surface area contributed by atoms with Crippen molar-refractivity contribution in [3.8, 4) is 0 Å². The second kappa shape index (κ2) is 8.21. The van der Waals surface area contributed by atoms with Crippen LogP contribution in [0.25, 0.3) is 10.9 Å². The highest BCUT2D eigenvalue weighted by atomic mass is 35.5. The zero-order chi connectivity index (χ0) is 18.9. The summed E-state index contributed by atoms with van der Waals surface area (Å²) < 4.78 is 0. The van der Waals surface area contributed by atoms with E-state index in [4.69, 9.17) is 0 Å². The number of hydrogen-bond acceptors (Lipinski definition) is 2. The molecule has 1 aromatic heterocycles. The second-order valence-corrected chi connectivity index (χ2v) is 7.30. The van der Waals surface area contributed by atoms with E-state index < -0.39 is 11.5 Å². The monoisotopic (exact) mass is 396 g/mol. The number of carboxylic acids is 1. The molecule has 1 aliphatic rings. The molecule has 0 radical (unpaired) electrons. The molecule has 5 heteroatoms. The van der Waals surface area contributed by atoms with E-state index in [2.05, 4.69) is 52.9 Å². The van der Waals surface area contributed by atoms with Crippen LogP contribution in [0.5, 0.6) is 0 Å². The van der Waals surface area contributed by atoms with Gasteiger partial charge in [0.05, 0.1) is 5.54 Å². The van der Waals surface area contributed by atoms with Crippen molar-refractivity contribution in [1.29, 1.82) is 0 Å². The Kier molecular flexibility index (Phi) is 5.92. The molecule has 0 spiro atoms. The predicted octanol–water partition coefficient (Wildman–Crippen LogP) is 4.59. The number of rotatable bonds is 6. The molecule has 0 saturated carbocycles. The first-order valence-electron chi connectivity index (χ1n) is 9.40. The van der Waals surface area contributed by atoms with E-state index in [0.717, 1.165) is 31.3 Å². The van der Waals surface area contributed by atoms with Crippen molar-refractivity contribution in [1.82, 2.24) is 10.3 Å². The lowest BCUT2D eigenvalue weighted by Gasteiger charge is -2.29. The molecule has 146 valence electrons. The minimum absolute atomic E-state index is 0. The maximum absolute atomic E-state index is 11.4. The van der Waals surface area contributed by atoms with Gasteiger partial charge in [-0.05, 0) is 55.0 Å². The number of aryl methyl sites for hydroxylation is 1. The Morgan fingerprint density at radius 3 is 2.79 bits per heavy atom. The number of aromatic amines is 1. The van der Waals surface area contributed by atoms with E-state index in [1.165, 1.54) is 22.1 Å². The number of fused-ring (bicyclic) bond motifs is 2. The van der Waals surface area contributed by atoms with Crippen LogP contribution >= 0.6 is 12.4 Å². The Morgan fingerprint density at radius 2 is 1.96 bits per heavy atom. The molecule has 0 unspecified atom stereocenters. The summed E-state index contributed by atoms with van der Waals surface area (Å²) in [7, 11) is 0. The molecule has 3 aromatic rings. The average molecular weight is 397 g/mol. The number of aromatic nitrogens is 1. The highest BCUT2D eigenvalue weighted by Gasteiger charge is 2.36. The smallest absolute Gasteiger partial charge is 0.331 e. The lowest BCUT2D eigenvalue weighted by atomic mass is 9.89. The van der Waals surface area contributed by atoms with Crippen LogP contribution in [0.4, 0.5) is 0 Å². The number of carbonyl (C=O) groups is 1. The number of carboxylic acid groups (broad SMARTS) is 1. The third-order valence-electron chi connectivity index (χ3n) is 5.60. The van der Waals surface area contributed by atoms with Crippen molar-refractivity contribution < 1.29 is 9.90 Å². The van der Waals surface area contributed by atoms with Crippen molar-refractivity contribution in [2.24, 2.45) is 0 Å². The SMILES string of the molecule is CC(=C[C@]1(NCCc2c[nH]c3ccccc23)CCc2ccccc21)C(=O)O.Cl. The van der Waals surface area contributed by atoms with Gasteiger partial charge in [0.1, 0.15) is 0 Å². The summed E-state index contributed by atoms with van der Waals surface area (Å²) in [5, 5.41) is 14.3. The zero-order valence-corrected chi connectivity index (χ0v) is 16.7. The molecule has 0 amide bonds. The number of aliphatic carboxylic acids is 1. The molecule has 4 rings (SSSR count). The van der Waals surface area contributed by atoms with Crippen molar-refractivity contribution in [2.45, 2.75) is 31.7 Å². The number of nitrogens with one attached hydrogen (secondary N) is 2. The van der Waals surface area contributed by atoms with E-state index in [9.17, 15) is 9.90 Å². The van der Waals surface area contributed by atoms with Gasteiger partial charge in [0.2, 0.25) is 0 Å². The van der Waals surface area contributed by atoms with Crippen molar-refractivity contribution >= 4 is 29.3 Å². The van der Waals surface area contributed by atoms with Crippen LogP contribution in [0.1, 0.15) is 30.0 Å². The first kappa shape index (κ1) is 20.2. The van der Waals surface area contributed by atoms with Gasteiger partial charge in [0.25, 0.3) is 0 Å². The molecule has 0 aliphatic heterocycles. The number of benzene rings is 2. The van der Waals surface area contributed by atoms with Gasteiger partial charge in [-0.3, -0.25) is 0 Å². The highest BCUT2D eigenvalue weighted by Crippen LogP contribution is 2.38. The summed E-state index contributed by atoms with van der Waals surface area (Å²) in [4.78, 5) is 14.8. The molecule has 4 nitrogen and oxygen atoms in total. The molecular formula is C23H25ClN2O2. The minimum Gasteiger partial charge on any atom is -0.478 e. The van der Waals surface area contributed by atoms with Gasteiger partial charge in [0.15, 0.2) is 0 Å². The normalized spacial score (nSPS) is 18.7. The van der Waals surface area contributed by atoms with Gasteiger partial charge in [-0.2, -0.15) is 0 Å². The Bertz CT molecular complexity index is 1020. The standard InChI is InChI=1S/C23H24N2O2.ClH/c1-16(22(26)27)14-23(12-10-17-6-2-4-8-20(17)23)25-13-11-18-15-24-21-9-5-3-7-19(18)21;/h2-9,14-15,24-25H,10-13H2,1H3,(H,26,27);1H/t23-;/m1./s1. The lowest BCUT2D eigenvalue weighted by Crippen LogP contribution is -2.40. The molecule has 2 aromatic carbocycles. The molecule has 1 aliphatic carbocycles. The molecule has 1 heterocycles.